The van der Waals surface area contributed by atoms with Gasteiger partial charge in [-0.2, -0.15) is 0 Å². The lowest BCUT2D eigenvalue weighted by molar-refractivity contribution is 0.0603. The SMILES string of the molecule is CC(C)(C)N(C(=O)O)[C@H]1CC=CC[C@@H]1c1sc2c(NCc3ncco3)cc(Cl)nc2c1Cl. The third kappa shape index (κ3) is 4.44. The number of hydrogen-bond donors (Lipinski definition) is 2. The van der Waals surface area contributed by atoms with Crippen LogP contribution in [0.5, 0.6) is 0 Å². The molecule has 0 bridgehead atoms. The lowest BCUT2D eigenvalue weighted by Crippen LogP contribution is -2.53. The van der Waals surface area contributed by atoms with Crippen molar-refractivity contribution in [1.29, 1.82) is 0 Å². The highest BCUT2D eigenvalue weighted by Crippen LogP contribution is 2.47. The molecule has 0 saturated carbocycles. The van der Waals surface area contributed by atoms with E-state index in [1.807, 2.05) is 26.8 Å². The predicted molar refractivity (Wildman–Crippen MR) is 128 cm³/mol. The molecule has 4 rings (SSSR count). The zero-order chi connectivity index (χ0) is 23.0. The quantitative estimate of drug-likeness (QED) is 0.299. The summed E-state index contributed by atoms with van der Waals surface area (Å²) in [5.74, 6) is 0.467. The Bertz CT molecular complexity index is 1150. The number of nitrogens with zero attached hydrogens (tertiary/aromatic N) is 3. The number of pyridine rings is 1. The molecule has 10 heteroatoms. The standard InChI is InChI=1S/C22H24Cl2N4O3S/c1-22(2,3)28(21(29)30)14-7-5-4-6-12(14)19-17(24)18-20(32-19)13(10-15(23)27-18)26-11-16-25-8-9-31-16/h4-5,8-10,12,14H,6-7,11H2,1-3H3,(H,26,27)(H,29,30)/t12-,14-/m0/s1. The Morgan fingerprint density at radius 3 is 2.75 bits per heavy atom. The van der Waals surface area contributed by atoms with Crippen molar-refractivity contribution in [3.8, 4) is 0 Å². The minimum atomic E-state index is -0.936. The van der Waals surface area contributed by atoms with Crippen LogP contribution in [0, 0.1) is 0 Å². The Balaban J connectivity index is 1.76. The highest BCUT2D eigenvalue weighted by atomic mass is 35.5. The van der Waals surface area contributed by atoms with Gasteiger partial charge in [0, 0.05) is 28.4 Å². The molecule has 0 radical (unpaired) electrons. The maximum Gasteiger partial charge on any atom is 0.408 e. The van der Waals surface area contributed by atoms with E-state index in [4.69, 9.17) is 27.6 Å². The molecule has 2 N–H and O–H groups in total. The number of thiophene rings is 1. The summed E-state index contributed by atoms with van der Waals surface area (Å²) in [7, 11) is 0. The molecule has 3 heterocycles. The minimum Gasteiger partial charge on any atom is -0.465 e. The summed E-state index contributed by atoms with van der Waals surface area (Å²) in [6.45, 7) is 6.12. The molecule has 0 fully saturated rings. The number of oxazole rings is 1. The molecule has 3 aromatic rings. The number of aromatic nitrogens is 2. The van der Waals surface area contributed by atoms with E-state index in [2.05, 4.69) is 21.4 Å². The lowest BCUT2D eigenvalue weighted by Gasteiger charge is -2.43. The molecule has 3 aromatic heterocycles. The third-order valence-corrected chi connectivity index (χ3v) is 7.52. The van der Waals surface area contributed by atoms with Crippen LogP contribution >= 0.6 is 34.5 Å². The van der Waals surface area contributed by atoms with Crippen molar-refractivity contribution < 1.29 is 14.3 Å². The number of halogens is 2. The van der Waals surface area contributed by atoms with Crippen molar-refractivity contribution in [2.45, 2.75) is 57.7 Å². The zero-order valence-electron chi connectivity index (χ0n) is 17.9. The van der Waals surface area contributed by atoms with Crippen LogP contribution in [0.1, 0.15) is 50.3 Å². The van der Waals surface area contributed by atoms with Crippen LogP contribution in [0.15, 0.2) is 35.1 Å². The molecule has 1 aliphatic rings. The van der Waals surface area contributed by atoms with Gasteiger partial charge in [-0.05, 0) is 33.6 Å². The summed E-state index contributed by atoms with van der Waals surface area (Å²) in [5.41, 5.74) is 0.845. The van der Waals surface area contributed by atoms with Gasteiger partial charge < -0.3 is 14.8 Å². The topological polar surface area (TPSA) is 91.5 Å². The van der Waals surface area contributed by atoms with Gasteiger partial charge in [0.05, 0.1) is 28.2 Å². The summed E-state index contributed by atoms with van der Waals surface area (Å²) >= 11 is 14.7. The molecule has 2 atom stereocenters. The average molecular weight is 495 g/mol. The van der Waals surface area contributed by atoms with E-state index in [1.165, 1.54) is 17.6 Å². The molecule has 170 valence electrons. The second-order valence-corrected chi connectivity index (χ2v) is 10.5. The first-order valence-electron chi connectivity index (χ1n) is 10.2. The number of hydrogen-bond acceptors (Lipinski definition) is 6. The van der Waals surface area contributed by atoms with Crippen LogP contribution in [-0.4, -0.2) is 37.6 Å². The average Bonchev–Trinajstić information content (AvgIpc) is 3.34. The number of nitrogens with one attached hydrogen (secondary N) is 1. The maximum absolute atomic E-state index is 12.2. The first kappa shape index (κ1) is 22.9. The van der Waals surface area contributed by atoms with E-state index < -0.39 is 11.6 Å². The Labute approximate surface area is 200 Å². The van der Waals surface area contributed by atoms with Gasteiger partial charge in [0.25, 0.3) is 0 Å². The van der Waals surface area contributed by atoms with Crippen molar-refractivity contribution in [1.82, 2.24) is 14.9 Å². The highest BCUT2D eigenvalue weighted by molar-refractivity contribution is 7.20. The molecule has 1 aliphatic carbocycles. The normalized spacial score (nSPS) is 18.8. The number of anilines is 1. The van der Waals surface area contributed by atoms with Crippen molar-refractivity contribution in [2.24, 2.45) is 0 Å². The van der Waals surface area contributed by atoms with Gasteiger partial charge in [-0.15, -0.1) is 11.3 Å². The smallest absolute Gasteiger partial charge is 0.408 e. The summed E-state index contributed by atoms with van der Waals surface area (Å²) < 4.78 is 6.17. The molecule has 32 heavy (non-hydrogen) atoms. The molecular weight excluding hydrogens is 471 g/mol. The Kier molecular flexibility index (Phi) is 6.38. The minimum absolute atomic E-state index is 0.0830. The van der Waals surface area contributed by atoms with E-state index in [9.17, 15) is 9.90 Å². The van der Waals surface area contributed by atoms with E-state index in [0.29, 0.717) is 41.0 Å². The van der Waals surface area contributed by atoms with Gasteiger partial charge in [0.1, 0.15) is 16.9 Å². The Hall–Kier alpha value is -2.29. The van der Waals surface area contributed by atoms with E-state index in [-0.39, 0.29) is 12.0 Å². The second-order valence-electron chi connectivity index (χ2n) is 8.67. The fourth-order valence-corrected chi connectivity index (χ4v) is 6.14. The molecule has 0 unspecified atom stereocenters. The van der Waals surface area contributed by atoms with E-state index in [1.54, 1.807) is 17.2 Å². The van der Waals surface area contributed by atoms with Gasteiger partial charge in [0.15, 0.2) is 0 Å². The van der Waals surface area contributed by atoms with E-state index in [0.717, 1.165) is 15.3 Å². The lowest BCUT2D eigenvalue weighted by atomic mass is 9.84. The third-order valence-electron chi connectivity index (χ3n) is 5.49. The van der Waals surface area contributed by atoms with Crippen LogP contribution in [0.4, 0.5) is 10.5 Å². The highest BCUT2D eigenvalue weighted by Gasteiger charge is 2.40. The molecule has 0 spiro atoms. The van der Waals surface area contributed by atoms with Crippen LogP contribution in [0.25, 0.3) is 10.2 Å². The largest absolute Gasteiger partial charge is 0.465 e. The second kappa shape index (κ2) is 8.92. The monoisotopic (exact) mass is 494 g/mol. The van der Waals surface area contributed by atoms with Crippen molar-refractivity contribution in [3.05, 3.63) is 51.6 Å². The van der Waals surface area contributed by atoms with Crippen LogP contribution < -0.4 is 5.32 Å². The van der Waals surface area contributed by atoms with Crippen molar-refractivity contribution in [3.63, 3.8) is 0 Å². The Morgan fingerprint density at radius 2 is 2.09 bits per heavy atom. The molecular formula is C22H24Cl2N4O3S. The maximum atomic E-state index is 12.2. The number of carbonyl (C=O) groups is 1. The fourth-order valence-electron chi connectivity index (χ4n) is 4.20. The Morgan fingerprint density at radius 1 is 1.34 bits per heavy atom. The van der Waals surface area contributed by atoms with Gasteiger partial charge in [-0.1, -0.05) is 35.4 Å². The number of carboxylic acid groups (broad SMARTS) is 1. The number of fused-ring (bicyclic) bond motifs is 1. The summed E-state index contributed by atoms with van der Waals surface area (Å²) in [6, 6.07) is 1.52. The number of allylic oxidation sites excluding steroid dienone is 1. The fraction of sp³-hybridized carbons (Fsp3) is 0.409. The number of rotatable bonds is 5. The first-order chi connectivity index (χ1) is 15.2. The molecule has 0 aromatic carbocycles. The van der Waals surface area contributed by atoms with Gasteiger partial charge in [-0.25, -0.2) is 14.8 Å². The summed E-state index contributed by atoms with van der Waals surface area (Å²) in [6.07, 6.45) is 7.63. The van der Waals surface area contributed by atoms with Crippen LogP contribution in [0.3, 0.4) is 0 Å². The van der Waals surface area contributed by atoms with Gasteiger partial charge >= 0.3 is 6.09 Å². The van der Waals surface area contributed by atoms with Crippen LogP contribution in [0.2, 0.25) is 10.2 Å². The summed E-state index contributed by atoms with van der Waals surface area (Å²) in [4.78, 5) is 23.3. The molecule has 0 aliphatic heterocycles. The van der Waals surface area contributed by atoms with Crippen molar-refractivity contribution in [2.75, 3.05) is 5.32 Å². The first-order valence-corrected chi connectivity index (χ1v) is 11.8. The molecule has 7 nitrogen and oxygen atoms in total. The molecule has 0 saturated heterocycles. The number of amides is 1. The molecule has 1 amide bonds. The summed E-state index contributed by atoms with van der Waals surface area (Å²) in [5, 5.41) is 14.1. The van der Waals surface area contributed by atoms with Gasteiger partial charge in [0.2, 0.25) is 5.89 Å². The van der Waals surface area contributed by atoms with Gasteiger partial charge in [-0.3, -0.25) is 4.90 Å². The van der Waals surface area contributed by atoms with Crippen LogP contribution in [-0.2, 0) is 6.54 Å². The van der Waals surface area contributed by atoms with Crippen molar-refractivity contribution >= 4 is 56.5 Å². The zero-order valence-corrected chi connectivity index (χ0v) is 20.3. The predicted octanol–water partition coefficient (Wildman–Crippen LogP) is 6.78. The van der Waals surface area contributed by atoms with E-state index >= 15 is 0 Å².